The molecule has 0 fully saturated rings. The molecule has 0 saturated heterocycles. The highest BCUT2D eigenvalue weighted by Gasteiger charge is 2.16. The van der Waals surface area contributed by atoms with E-state index in [0.717, 1.165) is 18.1 Å². The first-order valence-electron chi connectivity index (χ1n) is 7.91. The van der Waals surface area contributed by atoms with Crippen molar-refractivity contribution >= 4 is 23.5 Å². The average molecular weight is 364 g/mol. The summed E-state index contributed by atoms with van der Waals surface area (Å²) in [6, 6.07) is 11.3. The molecule has 2 rings (SSSR count). The van der Waals surface area contributed by atoms with E-state index in [1.807, 2.05) is 31.2 Å². The first-order valence-corrected chi connectivity index (χ1v) is 8.29. The van der Waals surface area contributed by atoms with Crippen molar-refractivity contribution in [3.05, 3.63) is 70.0 Å². The number of aryl methyl sites for hydroxylation is 1. The van der Waals surface area contributed by atoms with Crippen molar-refractivity contribution in [3.63, 3.8) is 0 Å². The average Bonchev–Trinajstić information content (AvgIpc) is 2.59. The van der Waals surface area contributed by atoms with Crippen molar-refractivity contribution in [1.82, 2.24) is 5.32 Å². The summed E-state index contributed by atoms with van der Waals surface area (Å²) >= 11 is 5.63. The van der Waals surface area contributed by atoms with E-state index in [2.05, 4.69) is 12.2 Å². The molecule has 1 N–H and O–H groups in total. The zero-order chi connectivity index (χ0) is 18.4. The van der Waals surface area contributed by atoms with Crippen molar-refractivity contribution in [1.29, 1.82) is 0 Å². The van der Waals surface area contributed by atoms with Crippen molar-refractivity contribution in [2.24, 2.45) is 0 Å². The van der Waals surface area contributed by atoms with Gasteiger partial charge in [-0.1, -0.05) is 42.8 Å². The second-order valence-corrected chi connectivity index (χ2v) is 6.02. The molecule has 25 heavy (non-hydrogen) atoms. The lowest BCUT2D eigenvalue weighted by Crippen LogP contribution is -2.31. The fraction of sp³-hybridized carbons (Fsp3) is 0.263. The Morgan fingerprint density at radius 3 is 2.48 bits per heavy atom. The third-order valence-electron chi connectivity index (χ3n) is 3.75. The number of hydrogen-bond donors (Lipinski definition) is 1. The minimum absolute atomic E-state index is 0.176. The van der Waals surface area contributed by atoms with Gasteiger partial charge in [0.1, 0.15) is 5.82 Å². The normalized spacial score (nSPS) is 11.7. The number of rotatable bonds is 6. The number of esters is 1. The molecule has 6 heteroatoms. The molecule has 0 saturated carbocycles. The highest BCUT2D eigenvalue weighted by Crippen LogP contribution is 2.16. The summed E-state index contributed by atoms with van der Waals surface area (Å²) in [6.07, 6.45) is 0.943. The number of benzene rings is 2. The lowest BCUT2D eigenvalue weighted by atomic mass is 10.1. The van der Waals surface area contributed by atoms with Crippen LogP contribution in [-0.4, -0.2) is 18.5 Å². The zero-order valence-corrected chi connectivity index (χ0v) is 14.8. The molecule has 0 heterocycles. The molecule has 0 aliphatic carbocycles. The van der Waals surface area contributed by atoms with E-state index in [0.29, 0.717) is 0 Å². The summed E-state index contributed by atoms with van der Waals surface area (Å²) in [5.74, 6) is -2.17. The Morgan fingerprint density at radius 1 is 1.20 bits per heavy atom. The van der Waals surface area contributed by atoms with Crippen LogP contribution in [-0.2, 0) is 16.0 Å². The molecule has 0 unspecified atom stereocenters. The number of nitrogens with one attached hydrogen (secondary N) is 1. The van der Waals surface area contributed by atoms with E-state index < -0.39 is 24.3 Å². The molecule has 2 aromatic rings. The van der Waals surface area contributed by atoms with Crippen LogP contribution in [0.3, 0.4) is 0 Å². The molecule has 0 aromatic heterocycles. The molecular formula is C19H19ClFNO3. The maximum Gasteiger partial charge on any atom is 0.341 e. The van der Waals surface area contributed by atoms with Crippen molar-refractivity contribution in [2.45, 2.75) is 26.3 Å². The predicted octanol–water partition coefficient (Wildman–Crippen LogP) is 4.08. The lowest BCUT2D eigenvalue weighted by Gasteiger charge is -2.15. The topological polar surface area (TPSA) is 55.4 Å². The number of carbonyl (C=O) groups is 2. The molecule has 0 bridgehead atoms. The highest BCUT2D eigenvalue weighted by molar-refractivity contribution is 6.30. The van der Waals surface area contributed by atoms with Gasteiger partial charge >= 0.3 is 5.97 Å². The Labute approximate surface area is 150 Å². The van der Waals surface area contributed by atoms with Crippen molar-refractivity contribution in [2.75, 3.05) is 6.61 Å². The largest absolute Gasteiger partial charge is 0.452 e. The van der Waals surface area contributed by atoms with Crippen LogP contribution in [0, 0.1) is 5.82 Å². The first kappa shape index (κ1) is 18.9. The lowest BCUT2D eigenvalue weighted by molar-refractivity contribution is -0.124. The minimum atomic E-state index is -0.913. The van der Waals surface area contributed by atoms with E-state index in [1.165, 1.54) is 17.7 Å². The van der Waals surface area contributed by atoms with Crippen LogP contribution in [0.1, 0.15) is 41.4 Å². The van der Waals surface area contributed by atoms with E-state index in [4.69, 9.17) is 16.3 Å². The first-order chi connectivity index (χ1) is 11.9. The number of ether oxygens (including phenoxy) is 1. The van der Waals surface area contributed by atoms with Gasteiger partial charge in [-0.2, -0.15) is 0 Å². The number of amides is 1. The molecule has 4 nitrogen and oxygen atoms in total. The van der Waals surface area contributed by atoms with Gasteiger partial charge in [-0.05, 0) is 42.7 Å². The van der Waals surface area contributed by atoms with Gasteiger partial charge in [-0.3, -0.25) is 4.79 Å². The molecule has 132 valence electrons. The number of halogens is 2. The maximum absolute atomic E-state index is 13.6. The monoisotopic (exact) mass is 363 g/mol. The van der Waals surface area contributed by atoms with E-state index in [-0.39, 0.29) is 16.6 Å². The number of carbonyl (C=O) groups excluding carboxylic acids is 2. The van der Waals surface area contributed by atoms with E-state index in [9.17, 15) is 14.0 Å². The van der Waals surface area contributed by atoms with E-state index >= 15 is 0 Å². The molecule has 0 radical (unpaired) electrons. The Kier molecular flexibility index (Phi) is 6.53. The smallest absolute Gasteiger partial charge is 0.341 e. The number of hydrogen-bond acceptors (Lipinski definition) is 3. The van der Waals surface area contributed by atoms with Gasteiger partial charge in [0.25, 0.3) is 5.91 Å². The van der Waals surface area contributed by atoms with Crippen LogP contribution in [0.15, 0.2) is 42.5 Å². The van der Waals surface area contributed by atoms with Crippen LogP contribution in [0.4, 0.5) is 4.39 Å². The maximum atomic E-state index is 13.6. The van der Waals surface area contributed by atoms with Gasteiger partial charge < -0.3 is 10.1 Å². The van der Waals surface area contributed by atoms with Gasteiger partial charge in [0.15, 0.2) is 6.61 Å². The summed E-state index contributed by atoms with van der Waals surface area (Å²) in [6.45, 7) is 3.41. The standard InChI is InChI=1S/C19H19ClFNO3/c1-3-13-4-6-14(7-5-13)12(2)22-18(23)11-25-19(24)16-9-8-15(20)10-17(16)21/h4-10,12H,3,11H2,1-2H3,(H,22,23)/t12-/m0/s1. The van der Waals surface area contributed by atoms with Crippen LogP contribution >= 0.6 is 11.6 Å². The van der Waals surface area contributed by atoms with Gasteiger partial charge in [-0.25, -0.2) is 9.18 Å². The summed E-state index contributed by atoms with van der Waals surface area (Å²) in [7, 11) is 0. The molecular weight excluding hydrogens is 345 g/mol. The predicted molar refractivity (Wildman–Crippen MR) is 94.1 cm³/mol. The van der Waals surface area contributed by atoms with Gasteiger partial charge in [0.05, 0.1) is 11.6 Å². The fourth-order valence-electron chi connectivity index (χ4n) is 2.27. The molecule has 0 aliphatic heterocycles. The minimum Gasteiger partial charge on any atom is -0.452 e. The van der Waals surface area contributed by atoms with Crippen LogP contribution in [0.25, 0.3) is 0 Å². The van der Waals surface area contributed by atoms with Crippen LogP contribution < -0.4 is 5.32 Å². The Morgan fingerprint density at radius 2 is 1.88 bits per heavy atom. The molecule has 0 aliphatic rings. The van der Waals surface area contributed by atoms with E-state index in [1.54, 1.807) is 0 Å². The SMILES string of the molecule is CCc1ccc([C@H](C)NC(=O)COC(=O)c2ccc(Cl)cc2F)cc1. The summed E-state index contributed by atoms with van der Waals surface area (Å²) < 4.78 is 18.5. The second kappa shape index (κ2) is 8.62. The van der Waals surface area contributed by atoms with Gasteiger partial charge in [0, 0.05) is 5.02 Å². The second-order valence-electron chi connectivity index (χ2n) is 5.58. The van der Waals surface area contributed by atoms with Gasteiger partial charge in [-0.15, -0.1) is 0 Å². The Bertz CT molecular complexity index is 762. The van der Waals surface area contributed by atoms with Crippen LogP contribution in [0.2, 0.25) is 5.02 Å². The Hall–Kier alpha value is -2.40. The van der Waals surface area contributed by atoms with Crippen LogP contribution in [0.5, 0.6) is 0 Å². The van der Waals surface area contributed by atoms with Gasteiger partial charge in [0.2, 0.25) is 0 Å². The van der Waals surface area contributed by atoms with Crippen molar-refractivity contribution in [3.8, 4) is 0 Å². The molecule has 2 aromatic carbocycles. The quantitative estimate of drug-likeness (QED) is 0.787. The van der Waals surface area contributed by atoms with Crippen molar-refractivity contribution < 1.29 is 18.7 Å². The molecule has 1 amide bonds. The zero-order valence-electron chi connectivity index (χ0n) is 14.0. The fourth-order valence-corrected chi connectivity index (χ4v) is 2.43. The third-order valence-corrected chi connectivity index (χ3v) is 3.99. The summed E-state index contributed by atoms with van der Waals surface area (Å²) in [5.41, 5.74) is 1.89. The summed E-state index contributed by atoms with van der Waals surface area (Å²) in [4.78, 5) is 23.7. The molecule has 1 atom stereocenters. The highest BCUT2D eigenvalue weighted by atomic mass is 35.5. The third kappa shape index (κ3) is 5.29. The molecule has 0 spiro atoms. The summed E-state index contributed by atoms with van der Waals surface area (Å²) in [5, 5.41) is 2.91. The Balaban J connectivity index is 1.87.